The van der Waals surface area contributed by atoms with Gasteiger partial charge in [0.15, 0.2) is 0 Å². The summed E-state index contributed by atoms with van der Waals surface area (Å²) < 4.78 is 0. The molecule has 0 bridgehead atoms. The largest absolute Gasteiger partial charge is 0.370 e. The van der Waals surface area contributed by atoms with Crippen LogP contribution >= 0.6 is 0 Å². The highest BCUT2D eigenvalue weighted by atomic mass is 16.1. The Morgan fingerprint density at radius 1 is 0.600 bits per heavy atom. The predicted octanol–water partition coefficient (Wildman–Crippen LogP) is 7.54. The van der Waals surface area contributed by atoms with Gasteiger partial charge >= 0.3 is 0 Å². The molecule has 0 aliphatic heterocycles. The fraction of sp³-hybridized carbons (Fsp3) is 0.957. The van der Waals surface area contributed by atoms with Gasteiger partial charge in [-0.2, -0.15) is 0 Å². The highest BCUT2D eigenvalue weighted by Crippen LogP contribution is 2.22. The van der Waals surface area contributed by atoms with Crippen LogP contribution in [-0.2, 0) is 4.79 Å². The van der Waals surface area contributed by atoms with E-state index in [2.05, 4.69) is 13.8 Å². The maximum Gasteiger partial charge on any atom is 0.217 e. The maximum atomic E-state index is 11.3. The lowest BCUT2D eigenvalue weighted by Gasteiger charge is -2.15. The van der Waals surface area contributed by atoms with E-state index in [1.54, 1.807) is 0 Å². The summed E-state index contributed by atoms with van der Waals surface area (Å²) in [5.41, 5.74) is 5.45. The van der Waals surface area contributed by atoms with Crippen molar-refractivity contribution in [1.29, 1.82) is 0 Å². The van der Waals surface area contributed by atoms with E-state index in [0.717, 1.165) is 0 Å². The van der Waals surface area contributed by atoms with Crippen LogP contribution in [0.15, 0.2) is 0 Å². The van der Waals surface area contributed by atoms with Gasteiger partial charge in [-0.15, -0.1) is 0 Å². The molecule has 0 aromatic carbocycles. The van der Waals surface area contributed by atoms with Crippen molar-refractivity contribution >= 4 is 5.91 Å². The molecule has 0 aromatic rings. The molecule has 2 heteroatoms. The van der Waals surface area contributed by atoms with Crippen LogP contribution in [0, 0.1) is 5.92 Å². The number of carbonyl (C=O) groups excluding carboxylic acids is 1. The molecular weight excluding hydrogens is 306 g/mol. The topological polar surface area (TPSA) is 43.1 Å². The molecule has 0 atom stereocenters. The molecule has 0 heterocycles. The van der Waals surface area contributed by atoms with Crippen LogP contribution in [-0.4, -0.2) is 5.91 Å². The standard InChI is InChI=1S/C23H47NO/c1-3-5-7-9-11-13-15-17-19-22(21-23(24)25)20-18-16-14-12-10-8-6-4-2/h22H,3-21H2,1-2H3,(H2,24,25). The lowest BCUT2D eigenvalue weighted by Crippen LogP contribution is -2.16. The lowest BCUT2D eigenvalue weighted by molar-refractivity contribution is -0.119. The molecule has 1 amide bonds. The second-order valence-corrected chi connectivity index (χ2v) is 8.06. The summed E-state index contributed by atoms with van der Waals surface area (Å²) in [6.45, 7) is 4.54. The highest BCUT2D eigenvalue weighted by Gasteiger charge is 2.11. The first-order valence-corrected chi connectivity index (χ1v) is 11.5. The van der Waals surface area contributed by atoms with Crippen molar-refractivity contribution in [3.63, 3.8) is 0 Å². The van der Waals surface area contributed by atoms with Gasteiger partial charge in [0.2, 0.25) is 5.91 Å². The van der Waals surface area contributed by atoms with Crippen LogP contribution in [0.5, 0.6) is 0 Å². The maximum absolute atomic E-state index is 11.3. The van der Waals surface area contributed by atoms with Crippen molar-refractivity contribution in [2.24, 2.45) is 11.7 Å². The van der Waals surface area contributed by atoms with Crippen LogP contribution in [0.25, 0.3) is 0 Å². The number of amides is 1. The number of nitrogens with two attached hydrogens (primary N) is 1. The number of unbranched alkanes of at least 4 members (excludes halogenated alkanes) is 14. The minimum absolute atomic E-state index is 0.107. The van der Waals surface area contributed by atoms with E-state index in [9.17, 15) is 4.79 Å². The fourth-order valence-corrected chi connectivity index (χ4v) is 3.77. The third kappa shape index (κ3) is 19.6. The first-order chi connectivity index (χ1) is 12.2. The minimum atomic E-state index is -0.107. The Bertz CT molecular complexity index is 257. The Morgan fingerprint density at radius 3 is 1.24 bits per heavy atom. The van der Waals surface area contributed by atoms with Gasteiger partial charge in [0, 0.05) is 6.42 Å². The molecule has 0 saturated carbocycles. The monoisotopic (exact) mass is 353 g/mol. The first kappa shape index (κ1) is 24.5. The van der Waals surface area contributed by atoms with Gasteiger partial charge in [-0.1, -0.05) is 117 Å². The third-order valence-corrected chi connectivity index (χ3v) is 5.42. The zero-order valence-electron chi connectivity index (χ0n) is 17.5. The number of carbonyl (C=O) groups is 1. The normalized spacial score (nSPS) is 11.3. The average molecular weight is 354 g/mol. The Hall–Kier alpha value is -0.530. The zero-order valence-corrected chi connectivity index (χ0v) is 17.5. The van der Waals surface area contributed by atoms with Gasteiger partial charge < -0.3 is 5.73 Å². The van der Waals surface area contributed by atoms with Gasteiger partial charge in [0.1, 0.15) is 0 Å². The SMILES string of the molecule is CCCCCCCCCCC(CCCCCCCCCC)CC(N)=O. The molecule has 0 saturated heterocycles. The molecule has 0 radical (unpaired) electrons. The van der Waals surface area contributed by atoms with Crippen molar-refractivity contribution in [2.75, 3.05) is 0 Å². The van der Waals surface area contributed by atoms with Gasteiger partial charge in [-0.05, 0) is 18.8 Å². The van der Waals surface area contributed by atoms with Crippen LogP contribution in [0.3, 0.4) is 0 Å². The molecule has 150 valence electrons. The van der Waals surface area contributed by atoms with E-state index >= 15 is 0 Å². The summed E-state index contributed by atoms with van der Waals surface area (Å²) in [4.78, 5) is 11.3. The highest BCUT2D eigenvalue weighted by molar-refractivity contribution is 5.73. The molecule has 0 spiro atoms. The molecule has 2 N–H and O–H groups in total. The number of rotatable bonds is 20. The second kappa shape index (κ2) is 19.8. The van der Waals surface area contributed by atoms with Gasteiger partial charge in [-0.3, -0.25) is 4.79 Å². The molecule has 0 rings (SSSR count). The van der Waals surface area contributed by atoms with Crippen LogP contribution in [0.2, 0.25) is 0 Å². The van der Waals surface area contributed by atoms with Crippen molar-refractivity contribution in [3.8, 4) is 0 Å². The quantitative estimate of drug-likeness (QED) is 0.226. The van der Waals surface area contributed by atoms with E-state index in [4.69, 9.17) is 5.73 Å². The third-order valence-electron chi connectivity index (χ3n) is 5.42. The number of hydrogen-bond acceptors (Lipinski definition) is 1. The average Bonchev–Trinajstić information content (AvgIpc) is 2.58. The van der Waals surface area contributed by atoms with Crippen molar-refractivity contribution in [2.45, 2.75) is 136 Å². The number of hydrogen-bond donors (Lipinski definition) is 1. The summed E-state index contributed by atoms with van der Waals surface area (Å²) in [5, 5.41) is 0. The first-order valence-electron chi connectivity index (χ1n) is 11.5. The van der Waals surface area contributed by atoms with Gasteiger partial charge in [-0.25, -0.2) is 0 Å². The molecule has 0 unspecified atom stereocenters. The van der Waals surface area contributed by atoms with Crippen LogP contribution in [0.4, 0.5) is 0 Å². The van der Waals surface area contributed by atoms with E-state index < -0.39 is 0 Å². The van der Waals surface area contributed by atoms with E-state index in [-0.39, 0.29) is 5.91 Å². The van der Waals surface area contributed by atoms with Gasteiger partial charge in [0.25, 0.3) is 0 Å². The molecule has 0 aliphatic carbocycles. The fourth-order valence-electron chi connectivity index (χ4n) is 3.77. The van der Waals surface area contributed by atoms with E-state index in [1.165, 1.54) is 116 Å². The molecule has 0 fully saturated rings. The zero-order chi connectivity index (χ0) is 18.6. The molecule has 25 heavy (non-hydrogen) atoms. The Labute approximate surface area is 158 Å². The summed E-state index contributed by atoms with van der Waals surface area (Å²) in [6.07, 6.45) is 24.8. The second-order valence-electron chi connectivity index (χ2n) is 8.06. The van der Waals surface area contributed by atoms with Gasteiger partial charge in [0.05, 0.1) is 0 Å². The van der Waals surface area contributed by atoms with E-state index in [1.807, 2.05) is 0 Å². The van der Waals surface area contributed by atoms with Crippen molar-refractivity contribution < 1.29 is 4.79 Å². The molecule has 0 aliphatic rings. The lowest BCUT2D eigenvalue weighted by atomic mass is 9.91. The Balaban J connectivity index is 3.60. The minimum Gasteiger partial charge on any atom is -0.370 e. The summed E-state index contributed by atoms with van der Waals surface area (Å²) in [7, 11) is 0. The Morgan fingerprint density at radius 2 is 0.920 bits per heavy atom. The van der Waals surface area contributed by atoms with E-state index in [0.29, 0.717) is 12.3 Å². The Kier molecular flexibility index (Phi) is 19.4. The summed E-state index contributed by atoms with van der Waals surface area (Å²) >= 11 is 0. The summed E-state index contributed by atoms with van der Waals surface area (Å²) in [6, 6.07) is 0. The predicted molar refractivity (Wildman–Crippen MR) is 112 cm³/mol. The van der Waals surface area contributed by atoms with Crippen LogP contribution in [0.1, 0.15) is 136 Å². The van der Waals surface area contributed by atoms with Crippen molar-refractivity contribution in [3.05, 3.63) is 0 Å². The van der Waals surface area contributed by atoms with Crippen LogP contribution < -0.4 is 5.73 Å². The molecule has 0 aromatic heterocycles. The van der Waals surface area contributed by atoms with Crippen molar-refractivity contribution in [1.82, 2.24) is 0 Å². The molecule has 2 nitrogen and oxygen atoms in total. The smallest absolute Gasteiger partial charge is 0.217 e. The number of primary amides is 1. The summed E-state index contributed by atoms with van der Waals surface area (Å²) in [5.74, 6) is 0.432. The molecular formula is C23H47NO.